The number of aromatic nitrogens is 2. The summed E-state index contributed by atoms with van der Waals surface area (Å²) in [6.07, 6.45) is -5.29. The van der Waals surface area contributed by atoms with Crippen molar-refractivity contribution in [3.05, 3.63) is 70.4 Å². The fourth-order valence-corrected chi connectivity index (χ4v) is 7.90. The standard InChI is InChI=1S/C29H22F6N2O7S2/c1-45(39,40)26-15(7-9-19(28(30,31)32)21(26)17-11-36-43-24(17)13-3-4-13)23(38)16-8-10-20(29(33,34)35)22(27(16)46(2,41)42)18-12-37-44-25(18)14-5-6-14/h7-14H,3-6H2,1-2H3. The highest BCUT2D eigenvalue weighted by molar-refractivity contribution is 7.91. The van der Waals surface area contributed by atoms with Crippen molar-refractivity contribution in [1.29, 1.82) is 0 Å². The van der Waals surface area contributed by atoms with E-state index in [1.165, 1.54) is 0 Å². The van der Waals surface area contributed by atoms with Crippen LogP contribution >= 0.6 is 0 Å². The van der Waals surface area contributed by atoms with Gasteiger partial charge in [-0.25, -0.2) is 16.8 Å². The monoisotopic (exact) mass is 688 g/mol. The maximum absolute atomic E-state index is 14.4. The predicted octanol–water partition coefficient (Wildman–Crippen LogP) is 6.83. The lowest BCUT2D eigenvalue weighted by Crippen LogP contribution is -2.19. The van der Waals surface area contributed by atoms with Crippen LogP contribution in [0.25, 0.3) is 22.3 Å². The highest BCUT2D eigenvalue weighted by Crippen LogP contribution is 2.51. The third kappa shape index (κ3) is 5.63. The molecule has 0 radical (unpaired) electrons. The van der Waals surface area contributed by atoms with Crippen LogP contribution in [-0.2, 0) is 32.0 Å². The van der Waals surface area contributed by atoms with Gasteiger partial charge in [-0.15, -0.1) is 0 Å². The van der Waals surface area contributed by atoms with Crippen molar-refractivity contribution in [3.63, 3.8) is 0 Å². The van der Waals surface area contributed by atoms with Gasteiger partial charge in [0.25, 0.3) is 0 Å². The minimum absolute atomic E-state index is 0.0336. The Bertz CT molecular complexity index is 1970. The maximum atomic E-state index is 14.4. The molecular weight excluding hydrogens is 666 g/mol. The smallest absolute Gasteiger partial charge is 0.360 e. The van der Waals surface area contributed by atoms with Crippen LogP contribution in [0.2, 0.25) is 0 Å². The van der Waals surface area contributed by atoms with E-state index in [1.807, 2.05) is 0 Å². The largest absolute Gasteiger partial charge is 0.417 e. The van der Waals surface area contributed by atoms with Gasteiger partial charge in [0, 0.05) is 57.7 Å². The molecule has 0 N–H and O–H groups in total. The zero-order chi connectivity index (χ0) is 33.6. The summed E-state index contributed by atoms with van der Waals surface area (Å²) in [5.74, 6) is -2.23. The van der Waals surface area contributed by atoms with Crippen molar-refractivity contribution in [2.24, 2.45) is 0 Å². The Morgan fingerprint density at radius 2 is 1.02 bits per heavy atom. The van der Waals surface area contributed by atoms with E-state index >= 15 is 0 Å². The number of hydrogen-bond donors (Lipinski definition) is 0. The highest BCUT2D eigenvalue weighted by atomic mass is 32.2. The lowest BCUT2D eigenvalue weighted by molar-refractivity contribution is -0.138. The van der Waals surface area contributed by atoms with Gasteiger partial charge in [-0.3, -0.25) is 4.79 Å². The average Bonchev–Trinajstić information content (AvgIpc) is 3.87. The summed E-state index contributed by atoms with van der Waals surface area (Å²) in [5.41, 5.74) is -7.21. The summed E-state index contributed by atoms with van der Waals surface area (Å²) in [5, 5.41) is 7.13. The van der Waals surface area contributed by atoms with Gasteiger partial charge in [-0.2, -0.15) is 26.3 Å². The highest BCUT2D eigenvalue weighted by Gasteiger charge is 2.44. The van der Waals surface area contributed by atoms with Gasteiger partial charge in [-0.1, -0.05) is 10.3 Å². The second-order valence-electron chi connectivity index (χ2n) is 11.4. The molecule has 2 aliphatic rings. The Kier molecular flexibility index (Phi) is 7.31. The fraction of sp³-hybridized carbons (Fsp3) is 0.345. The van der Waals surface area contributed by atoms with Crippen LogP contribution in [0.5, 0.6) is 0 Å². The molecule has 46 heavy (non-hydrogen) atoms. The Balaban J connectivity index is 1.69. The van der Waals surface area contributed by atoms with Crippen LogP contribution in [0.1, 0.15) is 76.1 Å². The van der Waals surface area contributed by atoms with E-state index < -0.39 is 81.0 Å². The Labute approximate surface area is 257 Å². The van der Waals surface area contributed by atoms with Crippen LogP contribution in [0, 0.1) is 0 Å². The summed E-state index contributed by atoms with van der Waals surface area (Å²) in [7, 11) is -9.47. The first-order chi connectivity index (χ1) is 21.3. The van der Waals surface area contributed by atoms with E-state index in [1.54, 1.807) is 0 Å². The van der Waals surface area contributed by atoms with Crippen LogP contribution in [0.15, 0.2) is 55.5 Å². The van der Waals surface area contributed by atoms with E-state index in [9.17, 15) is 48.0 Å². The van der Waals surface area contributed by atoms with Crippen LogP contribution in [0.3, 0.4) is 0 Å². The molecule has 0 amide bonds. The van der Waals surface area contributed by atoms with E-state index in [4.69, 9.17) is 9.05 Å². The number of ketones is 1. The molecule has 9 nitrogen and oxygen atoms in total. The molecule has 2 fully saturated rings. The Morgan fingerprint density at radius 1 is 0.674 bits per heavy atom. The van der Waals surface area contributed by atoms with Crippen LogP contribution in [-0.4, -0.2) is 45.4 Å². The Hall–Kier alpha value is -3.99. The second-order valence-corrected chi connectivity index (χ2v) is 15.3. The van der Waals surface area contributed by atoms with Gasteiger partial charge in [0.1, 0.15) is 11.5 Å². The second kappa shape index (κ2) is 10.5. The molecule has 17 heteroatoms. The van der Waals surface area contributed by atoms with Crippen molar-refractivity contribution >= 4 is 25.5 Å². The van der Waals surface area contributed by atoms with Gasteiger partial charge in [0.15, 0.2) is 25.5 Å². The maximum Gasteiger partial charge on any atom is 0.417 e. The third-order valence-corrected chi connectivity index (χ3v) is 10.1. The molecule has 0 bridgehead atoms. The molecule has 0 atom stereocenters. The molecule has 2 aliphatic carbocycles. The minimum Gasteiger partial charge on any atom is -0.360 e. The van der Waals surface area contributed by atoms with Crippen molar-refractivity contribution in [1.82, 2.24) is 10.3 Å². The zero-order valence-electron chi connectivity index (χ0n) is 23.8. The summed E-state index contributed by atoms with van der Waals surface area (Å²) in [6, 6.07) is 2.04. The lowest BCUT2D eigenvalue weighted by atomic mass is 9.90. The lowest BCUT2D eigenvalue weighted by Gasteiger charge is -2.21. The number of halogens is 6. The number of benzene rings is 2. The van der Waals surface area contributed by atoms with Crippen molar-refractivity contribution in [3.8, 4) is 22.3 Å². The molecule has 2 aromatic heterocycles. The molecular formula is C29H22F6N2O7S2. The topological polar surface area (TPSA) is 137 Å². The average molecular weight is 689 g/mol. The summed E-state index contributed by atoms with van der Waals surface area (Å²) >= 11 is 0. The number of nitrogens with zero attached hydrogens (tertiary/aromatic N) is 2. The van der Waals surface area contributed by atoms with Crippen molar-refractivity contribution in [2.45, 2.75) is 59.7 Å². The van der Waals surface area contributed by atoms with Crippen molar-refractivity contribution in [2.75, 3.05) is 12.5 Å². The number of hydrogen-bond acceptors (Lipinski definition) is 9. The first-order valence-electron chi connectivity index (χ1n) is 13.6. The van der Waals surface area contributed by atoms with Gasteiger partial charge in [0.2, 0.25) is 0 Å². The number of sulfone groups is 2. The molecule has 2 aromatic carbocycles. The molecule has 244 valence electrons. The SMILES string of the molecule is CS(=O)(=O)c1c(C(=O)c2ccc(C(F)(F)F)c(-c3cnoc3C3CC3)c2S(C)(=O)=O)ccc(C(F)(F)F)c1-c1cnoc1C1CC1. The first kappa shape index (κ1) is 32.0. The number of alkyl halides is 6. The van der Waals surface area contributed by atoms with Crippen LogP contribution in [0.4, 0.5) is 26.3 Å². The van der Waals surface area contributed by atoms with Crippen LogP contribution < -0.4 is 0 Å². The van der Waals surface area contributed by atoms with E-state index in [2.05, 4.69) is 10.3 Å². The number of carbonyl (C=O) groups is 1. The van der Waals surface area contributed by atoms with Crippen molar-refractivity contribution < 1.29 is 57.0 Å². The zero-order valence-corrected chi connectivity index (χ0v) is 25.4. The van der Waals surface area contributed by atoms with E-state index in [0.717, 1.165) is 12.4 Å². The summed E-state index contributed by atoms with van der Waals surface area (Å²) in [4.78, 5) is 12.0. The van der Waals surface area contributed by atoms with Gasteiger partial charge in [-0.05, 0) is 49.9 Å². The fourth-order valence-electron chi connectivity index (χ4n) is 5.60. The molecule has 0 saturated heterocycles. The summed E-state index contributed by atoms with van der Waals surface area (Å²) in [6.45, 7) is 0. The van der Waals surface area contributed by atoms with Gasteiger partial charge < -0.3 is 9.05 Å². The predicted molar refractivity (Wildman–Crippen MR) is 147 cm³/mol. The molecule has 0 spiro atoms. The molecule has 0 aliphatic heterocycles. The number of carbonyl (C=O) groups excluding carboxylic acids is 1. The molecule has 0 unspecified atom stereocenters. The quantitative estimate of drug-likeness (QED) is 0.144. The minimum atomic E-state index is -5.14. The van der Waals surface area contributed by atoms with Gasteiger partial charge >= 0.3 is 12.4 Å². The number of rotatable bonds is 8. The Morgan fingerprint density at radius 3 is 1.30 bits per heavy atom. The van der Waals surface area contributed by atoms with Gasteiger partial charge in [0.05, 0.1) is 33.3 Å². The molecule has 2 saturated carbocycles. The molecule has 6 rings (SSSR count). The normalized spacial score (nSPS) is 16.2. The third-order valence-electron chi connectivity index (χ3n) is 7.79. The molecule has 4 aromatic rings. The molecule has 2 heterocycles. The summed E-state index contributed by atoms with van der Waals surface area (Å²) < 4.78 is 150. The van der Waals surface area contributed by atoms with E-state index in [-0.39, 0.29) is 34.5 Å². The van der Waals surface area contributed by atoms with E-state index in [0.29, 0.717) is 62.5 Å². The first-order valence-corrected chi connectivity index (χ1v) is 17.4.